The summed E-state index contributed by atoms with van der Waals surface area (Å²) in [5.74, 6) is 0.839. The van der Waals surface area contributed by atoms with Gasteiger partial charge < -0.3 is 18.8 Å². The van der Waals surface area contributed by atoms with Crippen molar-refractivity contribution >= 4 is 27.5 Å². The first kappa shape index (κ1) is 29.0. The monoisotopic (exact) mass is 583 g/mol. The number of hydrogen-bond acceptors (Lipinski definition) is 8. The minimum Gasteiger partial charge on any atom is -0.497 e. The number of rotatable bonds is 11. The lowest BCUT2D eigenvalue weighted by molar-refractivity contribution is 0.0524. The molecule has 0 fully saturated rings. The van der Waals surface area contributed by atoms with E-state index in [1.165, 1.54) is 11.3 Å². The average Bonchev–Trinajstić information content (AvgIpc) is 3.39. The Bertz CT molecular complexity index is 1750. The number of thiophene rings is 1. The largest absolute Gasteiger partial charge is 0.497 e. The molecule has 5 aromatic rings. The second-order valence-corrected chi connectivity index (χ2v) is 10.9. The van der Waals surface area contributed by atoms with Gasteiger partial charge in [0.2, 0.25) is 5.43 Å². The van der Waals surface area contributed by atoms with Crippen molar-refractivity contribution in [2.75, 3.05) is 27.9 Å². The number of carbonyl (C=O) groups is 1. The third-order valence-electron chi connectivity index (χ3n) is 6.99. The van der Waals surface area contributed by atoms with E-state index < -0.39 is 5.97 Å². The molecule has 3 aromatic heterocycles. The first-order valence-electron chi connectivity index (χ1n) is 13.6. The number of methoxy groups -OCH3 is 2. The summed E-state index contributed by atoms with van der Waals surface area (Å²) in [7, 11) is 5.28. The minimum absolute atomic E-state index is 0.00879. The minimum atomic E-state index is -0.634. The Morgan fingerprint density at radius 1 is 1.00 bits per heavy atom. The number of nitrogens with zero attached hydrogens (tertiary/aromatic N) is 3. The van der Waals surface area contributed by atoms with Crippen LogP contribution < -0.4 is 14.9 Å². The van der Waals surface area contributed by atoms with Gasteiger partial charge in [-0.1, -0.05) is 24.3 Å². The van der Waals surface area contributed by atoms with E-state index in [4.69, 9.17) is 14.2 Å². The molecule has 0 atom stereocenters. The highest BCUT2D eigenvalue weighted by Gasteiger charge is 2.25. The van der Waals surface area contributed by atoms with Crippen molar-refractivity contribution < 1.29 is 19.0 Å². The Morgan fingerprint density at radius 2 is 1.79 bits per heavy atom. The molecule has 0 saturated heterocycles. The van der Waals surface area contributed by atoms with Crippen LogP contribution in [0.4, 0.5) is 0 Å². The molecule has 216 valence electrons. The SMILES string of the molecule is CCOC(=O)c1cn(Cc2ccccc2OC)c2sc(-c3ccc(OC)cc3)c(CN(C)Cc3cccnc3)c2c1=O. The van der Waals surface area contributed by atoms with Gasteiger partial charge in [0.15, 0.2) is 0 Å². The van der Waals surface area contributed by atoms with Gasteiger partial charge >= 0.3 is 5.97 Å². The lowest BCUT2D eigenvalue weighted by atomic mass is 10.0. The van der Waals surface area contributed by atoms with Gasteiger partial charge in [0.05, 0.1) is 32.8 Å². The highest BCUT2D eigenvalue weighted by atomic mass is 32.1. The maximum Gasteiger partial charge on any atom is 0.343 e. The zero-order valence-corrected chi connectivity index (χ0v) is 24.9. The summed E-state index contributed by atoms with van der Waals surface area (Å²) in [6.45, 7) is 3.42. The van der Waals surface area contributed by atoms with Crippen molar-refractivity contribution in [1.82, 2.24) is 14.5 Å². The van der Waals surface area contributed by atoms with Gasteiger partial charge in [-0.05, 0) is 67.1 Å². The molecule has 3 heterocycles. The molecule has 0 radical (unpaired) electrons. The number of benzene rings is 2. The standard InChI is InChI=1S/C33H33N3O5S/c1-5-41-33(38)27-21-36(19-24-10-6-7-11-28(24)40-4)32-29(30(27)37)26(20-35(2)18-22-9-8-16-34-17-22)31(42-32)23-12-14-25(39-3)15-13-23/h6-17,21H,5,18-20H2,1-4H3. The summed E-state index contributed by atoms with van der Waals surface area (Å²) in [4.78, 5) is 35.3. The van der Waals surface area contributed by atoms with Crippen molar-refractivity contribution in [3.8, 4) is 21.9 Å². The molecule has 2 aromatic carbocycles. The van der Waals surface area contributed by atoms with Crippen LogP contribution in [-0.2, 0) is 24.4 Å². The average molecular weight is 584 g/mol. The van der Waals surface area contributed by atoms with Crippen LogP contribution in [0.5, 0.6) is 11.5 Å². The van der Waals surface area contributed by atoms with Gasteiger partial charge in [-0.3, -0.25) is 14.7 Å². The van der Waals surface area contributed by atoms with E-state index in [2.05, 4.69) is 9.88 Å². The molecule has 0 aliphatic heterocycles. The number of para-hydroxylation sites is 1. The molecule has 0 N–H and O–H groups in total. The highest BCUT2D eigenvalue weighted by Crippen LogP contribution is 2.39. The summed E-state index contributed by atoms with van der Waals surface area (Å²) >= 11 is 1.54. The second-order valence-electron chi connectivity index (χ2n) is 9.88. The first-order valence-corrected chi connectivity index (χ1v) is 14.4. The fourth-order valence-electron chi connectivity index (χ4n) is 5.04. The van der Waals surface area contributed by atoms with Crippen LogP contribution in [0.15, 0.2) is 84.0 Å². The maximum absolute atomic E-state index is 14.1. The molecule has 0 spiro atoms. The number of pyridine rings is 2. The summed E-state index contributed by atoms with van der Waals surface area (Å²) < 4.78 is 18.3. The van der Waals surface area contributed by atoms with Gasteiger partial charge in [0, 0.05) is 42.1 Å². The Balaban J connectivity index is 1.73. The number of ether oxygens (including phenoxy) is 3. The van der Waals surface area contributed by atoms with Crippen LogP contribution in [0.1, 0.15) is 34.0 Å². The molecule has 5 rings (SSSR count). The number of hydrogen-bond donors (Lipinski definition) is 0. The van der Waals surface area contributed by atoms with Crippen LogP contribution in [-0.4, -0.2) is 48.3 Å². The Kier molecular flexibility index (Phi) is 9.00. The van der Waals surface area contributed by atoms with E-state index in [9.17, 15) is 9.59 Å². The number of esters is 1. The molecule has 0 amide bonds. The zero-order chi connectivity index (χ0) is 29.6. The zero-order valence-electron chi connectivity index (χ0n) is 24.1. The third-order valence-corrected chi connectivity index (χ3v) is 8.31. The highest BCUT2D eigenvalue weighted by molar-refractivity contribution is 7.22. The molecule has 42 heavy (non-hydrogen) atoms. The van der Waals surface area contributed by atoms with E-state index in [0.29, 0.717) is 25.0 Å². The lowest BCUT2D eigenvalue weighted by Gasteiger charge is -2.18. The van der Waals surface area contributed by atoms with Gasteiger partial charge in [-0.2, -0.15) is 0 Å². The summed E-state index contributed by atoms with van der Waals surface area (Å²) in [6.07, 6.45) is 5.21. The third kappa shape index (κ3) is 6.07. The Labute approximate surface area is 248 Å². The molecule has 0 aliphatic carbocycles. The molecule has 8 nitrogen and oxygen atoms in total. The van der Waals surface area contributed by atoms with E-state index in [-0.39, 0.29) is 17.6 Å². The summed E-state index contributed by atoms with van der Waals surface area (Å²) in [6, 6.07) is 19.5. The fraction of sp³-hybridized carbons (Fsp3) is 0.242. The van der Waals surface area contributed by atoms with Crippen LogP contribution in [0.2, 0.25) is 0 Å². The molecule has 0 saturated carbocycles. The molecule has 0 bridgehead atoms. The predicted octanol–water partition coefficient (Wildman–Crippen LogP) is 6.00. The van der Waals surface area contributed by atoms with Gasteiger partial charge in [0.1, 0.15) is 21.9 Å². The van der Waals surface area contributed by atoms with Gasteiger partial charge in [-0.25, -0.2) is 4.79 Å². The normalized spacial score (nSPS) is 11.2. The Hall–Kier alpha value is -4.47. The molecule has 9 heteroatoms. The van der Waals surface area contributed by atoms with Gasteiger partial charge in [0.25, 0.3) is 0 Å². The summed E-state index contributed by atoms with van der Waals surface area (Å²) in [5.41, 5.74) is 3.48. The molecular weight excluding hydrogens is 550 g/mol. The number of aromatic nitrogens is 2. The Morgan fingerprint density at radius 3 is 2.48 bits per heavy atom. The van der Waals surface area contributed by atoms with Crippen molar-refractivity contribution in [3.63, 3.8) is 0 Å². The van der Waals surface area contributed by atoms with Crippen molar-refractivity contribution in [1.29, 1.82) is 0 Å². The lowest BCUT2D eigenvalue weighted by Crippen LogP contribution is -2.23. The predicted molar refractivity (Wildman–Crippen MR) is 166 cm³/mol. The maximum atomic E-state index is 14.1. The molecular formula is C33H33N3O5S. The van der Waals surface area contributed by atoms with E-state index >= 15 is 0 Å². The smallest absolute Gasteiger partial charge is 0.343 e. The van der Waals surface area contributed by atoms with Gasteiger partial charge in [-0.15, -0.1) is 11.3 Å². The van der Waals surface area contributed by atoms with Crippen LogP contribution in [0.3, 0.4) is 0 Å². The van der Waals surface area contributed by atoms with E-state index in [0.717, 1.165) is 43.5 Å². The first-order chi connectivity index (χ1) is 20.4. The van der Waals surface area contributed by atoms with E-state index in [1.54, 1.807) is 33.5 Å². The summed E-state index contributed by atoms with van der Waals surface area (Å²) in [5, 5.41) is 0.518. The molecule has 0 aliphatic rings. The number of fused-ring (bicyclic) bond motifs is 1. The van der Waals surface area contributed by atoms with Crippen LogP contribution >= 0.6 is 11.3 Å². The van der Waals surface area contributed by atoms with E-state index in [1.807, 2.05) is 78.5 Å². The quantitative estimate of drug-likeness (QED) is 0.176. The molecule has 0 unspecified atom stereocenters. The van der Waals surface area contributed by atoms with Crippen LogP contribution in [0, 0.1) is 0 Å². The number of carbonyl (C=O) groups excluding carboxylic acids is 1. The van der Waals surface area contributed by atoms with Crippen molar-refractivity contribution in [3.05, 3.63) is 112 Å². The van der Waals surface area contributed by atoms with Crippen molar-refractivity contribution in [2.24, 2.45) is 0 Å². The fourth-order valence-corrected chi connectivity index (χ4v) is 6.33. The van der Waals surface area contributed by atoms with Crippen molar-refractivity contribution in [2.45, 2.75) is 26.6 Å². The topological polar surface area (TPSA) is 82.9 Å². The second kappa shape index (κ2) is 13.0. The van der Waals surface area contributed by atoms with Crippen LogP contribution in [0.25, 0.3) is 20.7 Å².